The quantitative estimate of drug-likeness (QED) is 0.350. The van der Waals surface area contributed by atoms with Crippen LogP contribution in [-0.4, -0.2) is 32.4 Å². The topological polar surface area (TPSA) is 86.7 Å². The van der Waals surface area contributed by atoms with Crippen molar-refractivity contribution in [2.24, 2.45) is 40.4 Å². The molecule has 0 spiro atoms. The maximum absolute atomic E-state index is 13.5. The van der Waals surface area contributed by atoms with Gasteiger partial charge in [0, 0.05) is 18.3 Å². The second kappa shape index (κ2) is 9.48. The first kappa shape index (κ1) is 26.9. The van der Waals surface area contributed by atoms with Gasteiger partial charge in [0.1, 0.15) is 11.9 Å². The Morgan fingerprint density at radius 3 is 2.27 bits per heavy atom. The van der Waals surface area contributed by atoms with E-state index in [1.165, 1.54) is 6.92 Å². The van der Waals surface area contributed by atoms with Gasteiger partial charge in [-0.1, -0.05) is 31.5 Å². The van der Waals surface area contributed by atoms with Gasteiger partial charge in [0.25, 0.3) is 10.1 Å². The first-order chi connectivity index (χ1) is 17.4. The summed E-state index contributed by atoms with van der Waals surface area (Å²) in [5.74, 6) is 1.24. The number of carbonyl (C=O) groups excluding carboxylic acids is 2. The molecule has 1 aromatic rings. The van der Waals surface area contributed by atoms with Crippen LogP contribution in [0.1, 0.15) is 84.6 Å². The summed E-state index contributed by atoms with van der Waals surface area (Å²) < 4.78 is 38.9. The minimum Gasteiger partial charge on any atom is -0.463 e. The number of benzene rings is 1. The third-order valence-corrected chi connectivity index (χ3v) is 12.4. The van der Waals surface area contributed by atoms with Crippen molar-refractivity contribution in [1.29, 1.82) is 0 Å². The van der Waals surface area contributed by atoms with E-state index in [4.69, 9.17) is 8.92 Å². The Morgan fingerprint density at radius 2 is 1.62 bits per heavy atom. The van der Waals surface area contributed by atoms with E-state index in [0.717, 1.165) is 50.5 Å². The molecule has 0 unspecified atom stereocenters. The van der Waals surface area contributed by atoms with Crippen LogP contribution in [0.15, 0.2) is 29.2 Å². The van der Waals surface area contributed by atoms with Gasteiger partial charge < -0.3 is 4.74 Å². The van der Waals surface area contributed by atoms with Gasteiger partial charge in [-0.05, 0) is 106 Å². The number of fused-ring (bicyclic) bond motifs is 5. The lowest BCUT2D eigenvalue weighted by Crippen LogP contribution is -2.59. The van der Waals surface area contributed by atoms with E-state index >= 15 is 0 Å². The predicted octanol–water partition coefficient (Wildman–Crippen LogP) is 5.86. The maximum atomic E-state index is 13.5. The van der Waals surface area contributed by atoms with E-state index in [9.17, 15) is 18.0 Å². The van der Waals surface area contributed by atoms with E-state index in [2.05, 4.69) is 13.8 Å². The summed E-state index contributed by atoms with van der Waals surface area (Å²) in [4.78, 5) is 24.6. The summed E-state index contributed by atoms with van der Waals surface area (Å²) in [6, 6.07) is 6.81. The molecule has 5 rings (SSSR count). The summed E-state index contributed by atoms with van der Waals surface area (Å²) in [6.07, 6.45) is 6.71. The number of aryl methyl sites for hydroxylation is 1. The average molecular weight is 531 g/mol. The predicted molar refractivity (Wildman–Crippen MR) is 140 cm³/mol. The van der Waals surface area contributed by atoms with Crippen LogP contribution in [0.4, 0.5) is 0 Å². The van der Waals surface area contributed by atoms with Crippen molar-refractivity contribution in [3.05, 3.63) is 29.8 Å². The molecular weight excluding hydrogens is 488 g/mol. The van der Waals surface area contributed by atoms with Gasteiger partial charge in [0.2, 0.25) is 0 Å². The average Bonchev–Trinajstić information content (AvgIpc) is 3.18. The first-order valence-corrected chi connectivity index (χ1v) is 15.4. The highest BCUT2D eigenvalue weighted by Gasteiger charge is 2.65. The molecule has 0 aromatic heterocycles. The molecule has 6 nitrogen and oxygen atoms in total. The van der Waals surface area contributed by atoms with Crippen molar-refractivity contribution in [1.82, 2.24) is 0 Å². The van der Waals surface area contributed by atoms with Gasteiger partial charge in [-0.15, -0.1) is 0 Å². The number of rotatable bonds is 5. The molecule has 0 aliphatic heterocycles. The Hall–Kier alpha value is -1.73. The second-order valence-electron chi connectivity index (χ2n) is 12.9. The van der Waals surface area contributed by atoms with Crippen molar-refractivity contribution in [3.63, 3.8) is 0 Å². The zero-order valence-corrected chi connectivity index (χ0v) is 23.7. The SMILES string of the molecule is CC(=O)O[C@@H]1CC[C@@]2(C)[C@H](CC[C@@H]3[C@@H]2C[C@H](OS(=O)(=O)c2ccc(C)cc2)[C@]2(C)[C@@H](C(C)=O)CC[C@@H]32)C1. The summed E-state index contributed by atoms with van der Waals surface area (Å²) in [7, 11) is -3.98. The molecule has 0 N–H and O–H groups in total. The van der Waals surface area contributed by atoms with E-state index < -0.39 is 21.6 Å². The fraction of sp³-hybridized carbons (Fsp3) is 0.733. The molecule has 7 heteroatoms. The number of ketones is 1. The van der Waals surface area contributed by atoms with Gasteiger partial charge >= 0.3 is 5.97 Å². The largest absolute Gasteiger partial charge is 0.463 e. The second-order valence-corrected chi connectivity index (χ2v) is 14.4. The van der Waals surface area contributed by atoms with Crippen LogP contribution < -0.4 is 0 Å². The monoisotopic (exact) mass is 530 g/mol. The highest BCUT2D eigenvalue weighted by molar-refractivity contribution is 7.86. The number of hydrogen-bond acceptors (Lipinski definition) is 6. The Morgan fingerprint density at radius 1 is 0.919 bits per heavy atom. The van der Waals surface area contributed by atoms with Crippen LogP contribution in [0, 0.1) is 47.3 Å². The Bertz CT molecular complexity index is 1160. The molecule has 4 aliphatic carbocycles. The molecule has 4 aliphatic rings. The van der Waals surface area contributed by atoms with Crippen LogP contribution in [0.25, 0.3) is 0 Å². The molecule has 0 radical (unpaired) electrons. The lowest BCUT2D eigenvalue weighted by Gasteiger charge is -2.62. The van der Waals surface area contributed by atoms with Gasteiger partial charge in [-0.3, -0.25) is 13.8 Å². The molecule has 0 saturated heterocycles. The first-order valence-electron chi connectivity index (χ1n) is 14.0. The summed E-state index contributed by atoms with van der Waals surface area (Å²) >= 11 is 0. The normalized spacial score (nSPS) is 41.3. The molecule has 0 heterocycles. The number of Topliss-reactive ketones (excluding diaryl/α,β-unsaturated/α-hetero) is 1. The molecule has 9 atom stereocenters. The van der Waals surface area contributed by atoms with E-state index in [1.54, 1.807) is 31.2 Å². The van der Waals surface area contributed by atoms with Gasteiger partial charge in [0.15, 0.2) is 0 Å². The fourth-order valence-electron chi connectivity index (χ4n) is 9.21. The summed E-state index contributed by atoms with van der Waals surface area (Å²) in [5.41, 5.74) is 0.539. The van der Waals surface area contributed by atoms with Crippen LogP contribution in [0.5, 0.6) is 0 Å². The third kappa shape index (κ3) is 4.48. The molecule has 0 amide bonds. The van der Waals surface area contributed by atoms with Crippen molar-refractivity contribution in [3.8, 4) is 0 Å². The summed E-state index contributed by atoms with van der Waals surface area (Å²) in [5, 5.41) is 0. The molecule has 37 heavy (non-hydrogen) atoms. The number of carbonyl (C=O) groups is 2. The Kier molecular flexibility index (Phi) is 6.88. The van der Waals surface area contributed by atoms with Gasteiger partial charge in [0.05, 0.1) is 11.0 Å². The highest BCUT2D eigenvalue weighted by atomic mass is 32.2. The maximum Gasteiger partial charge on any atom is 0.302 e. The van der Waals surface area contributed by atoms with E-state index in [0.29, 0.717) is 24.2 Å². The Labute approximate surface area is 222 Å². The Balaban J connectivity index is 1.49. The van der Waals surface area contributed by atoms with Crippen LogP contribution >= 0.6 is 0 Å². The van der Waals surface area contributed by atoms with Gasteiger partial charge in [-0.2, -0.15) is 8.42 Å². The van der Waals surface area contributed by atoms with E-state index in [1.807, 2.05) is 6.92 Å². The molecule has 204 valence electrons. The third-order valence-electron chi connectivity index (χ3n) is 11.1. The molecule has 1 aromatic carbocycles. The molecule has 0 bridgehead atoms. The zero-order chi connectivity index (χ0) is 26.8. The molecular formula is C30H42O6S. The van der Waals surface area contributed by atoms with Crippen molar-refractivity contribution in [2.75, 3.05) is 0 Å². The van der Waals surface area contributed by atoms with Crippen molar-refractivity contribution >= 4 is 21.9 Å². The van der Waals surface area contributed by atoms with Crippen LogP contribution in [0.3, 0.4) is 0 Å². The number of ether oxygens (including phenoxy) is 1. The van der Waals surface area contributed by atoms with Crippen molar-refractivity contribution < 1.29 is 26.9 Å². The summed E-state index contributed by atoms with van der Waals surface area (Å²) in [6.45, 7) is 9.58. The standard InChI is InChI=1S/C30H42O6S/c1-18-6-9-23(10-7-18)37(33,34)36-28-17-27-24(26-13-12-25(19(2)31)30(26,28)5)11-8-21-16-22(35-20(3)32)14-15-29(21,27)4/h6-7,9-10,21-22,24-28H,8,11-17H2,1-5H3/t21-,22-,24+,25-,26+,27+,28+,29+,30-/m1/s1. The lowest BCUT2D eigenvalue weighted by molar-refractivity contribution is -0.175. The molecule has 4 fully saturated rings. The minimum absolute atomic E-state index is 0.0245. The number of esters is 1. The minimum atomic E-state index is -3.98. The highest BCUT2D eigenvalue weighted by Crippen LogP contribution is 2.68. The molecule has 4 saturated carbocycles. The zero-order valence-electron chi connectivity index (χ0n) is 22.9. The van der Waals surface area contributed by atoms with Crippen molar-refractivity contribution in [2.45, 2.75) is 103 Å². The fourth-order valence-corrected chi connectivity index (χ4v) is 10.4. The van der Waals surface area contributed by atoms with Crippen LogP contribution in [0.2, 0.25) is 0 Å². The lowest BCUT2D eigenvalue weighted by atomic mass is 9.44. The van der Waals surface area contributed by atoms with E-state index in [-0.39, 0.29) is 40.0 Å². The van der Waals surface area contributed by atoms with Crippen LogP contribution in [-0.2, 0) is 28.6 Å². The van der Waals surface area contributed by atoms with Gasteiger partial charge in [-0.25, -0.2) is 0 Å². The smallest absolute Gasteiger partial charge is 0.302 e. The number of hydrogen-bond donors (Lipinski definition) is 0.